The second-order valence-electron chi connectivity index (χ2n) is 6.78. The molecule has 1 aliphatic rings. The van der Waals surface area contributed by atoms with Gasteiger partial charge in [0.2, 0.25) is 0 Å². The summed E-state index contributed by atoms with van der Waals surface area (Å²) in [4.78, 5) is 16.6. The zero-order valence-corrected chi connectivity index (χ0v) is 16.8. The molecule has 28 heavy (non-hydrogen) atoms. The van der Waals surface area contributed by atoms with Crippen LogP contribution >= 0.6 is 0 Å². The van der Waals surface area contributed by atoms with E-state index in [4.69, 9.17) is 4.74 Å². The summed E-state index contributed by atoms with van der Waals surface area (Å²) in [6.07, 6.45) is 3.88. The summed E-state index contributed by atoms with van der Waals surface area (Å²) in [5, 5.41) is 11.1. The van der Waals surface area contributed by atoms with Gasteiger partial charge in [-0.3, -0.25) is 9.56 Å². The Kier molecular flexibility index (Phi) is 7.11. The predicted octanol–water partition coefficient (Wildman–Crippen LogP) is 1.54. The molecular formula is C20H30N6O2. The van der Waals surface area contributed by atoms with E-state index in [0.29, 0.717) is 26.2 Å². The number of aliphatic imine (C=N–C) groups is 1. The lowest BCUT2D eigenvalue weighted by Crippen LogP contribution is -2.38. The van der Waals surface area contributed by atoms with E-state index in [1.807, 2.05) is 35.8 Å². The summed E-state index contributed by atoms with van der Waals surface area (Å²) >= 11 is 0. The number of benzene rings is 1. The molecule has 3 rings (SSSR count). The van der Waals surface area contributed by atoms with Crippen molar-refractivity contribution in [3.05, 3.63) is 46.1 Å². The molecule has 2 aromatic rings. The molecule has 8 nitrogen and oxygen atoms in total. The van der Waals surface area contributed by atoms with E-state index in [1.54, 1.807) is 11.7 Å². The molecule has 1 aliphatic heterocycles. The van der Waals surface area contributed by atoms with Gasteiger partial charge in [0.25, 0.3) is 0 Å². The zero-order chi connectivity index (χ0) is 19.8. The lowest BCUT2D eigenvalue weighted by molar-refractivity contribution is 0.336. The third kappa shape index (κ3) is 4.94. The number of guanidine groups is 1. The van der Waals surface area contributed by atoms with Crippen LogP contribution in [0.25, 0.3) is 0 Å². The van der Waals surface area contributed by atoms with Crippen molar-refractivity contribution < 1.29 is 4.74 Å². The number of rotatable bonds is 8. The molecule has 0 atom stereocenters. The van der Waals surface area contributed by atoms with E-state index < -0.39 is 0 Å². The predicted molar refractivity (Wildman–Crippen MR) is 110 cm³/mol. The molecule has 152 valence electrons. The zero-order valence-electron chi connectivity index (χ0n) is 16.8. The normalized spacial score (nSPS) is 13.9. The Hall–Kier alpha value is -2.77. The SMILES string of the molecule is CCOc1ccccc1CNC(=NC)NCCCn1nc2n(c1=O)CCCC2. The highest BCUT2D eigenvalue weighted by Crippen LogP contribution is 2.17. The fourth-order valence-corrected chi connectivity index (χ4v) is 3.38. The second-order valence-corrected chi connectivity index (χ2v) is 6.78. The number of fused-ring (bicyclic) bond motifs is 1. The Morgan fingerprint density at radius 2 is 2.14 bits per heavy atom. The van der Waals surface area contributed by atoms with Crippen LogP contribution in [0.4, 0.5) is 0 Å². The Bertz CT molecular complexity index is 855. The third-order valence-corrected chi connectivity index (χ3v) is 4.81. The van der Waals surface area contributed by atoms with Crippen molar-refractivity contribution in [1.82, 2.24) is 25.0 Å². The van der Waals surface area contributed by atoms with Crippen LogP contribution in [0, 0.1) is 0 Å². The van der Waals surface area contributed by atoms with Gasteiger partial charge in [-0.05, 0) is 32.3 Å². The molecule has 0 fully saturated rings. The quantitative estimate of drug-likeness (QED) is 0.408. The number of hydrogen-bond donors (Lipinski definition) is 2. The van der Waals surface area contributed by atoms with Crippen LogP contribution in [-0.4, -0.2) is 40.5 Å². The van der Waals surface area contributed by atoms with Gasteiger partial charge in [-0.25, -0.2) is 9.48 Å². The molecule has 1 aromatic heterocycles. The van der Waals surface area contributed by atoms with E-state index in [-0.39, 0.29) is 5.69 Å². The molecule has 2 N–H and O–H groups in total. The Morgan fingerprint density at radius 1 is 1.29 bits per heavy atom. The smallest absolute Gasteiger partial charge is 0.345 e. The molecule has 0 saturated heterocycles. The van der Waals surface area contributed by atoms with Crippen molar-refractivity contribution in [3.8, 4) is 5.75 Å². The molecule has 0 radical (unpaired) electrons. The Labute approximate surface area is 165 Å². The summed E-state index contributed by atoms with van der Waals surface area (Å²) in [6, 6.07) is 7.98. The minimum absolute atomic E-state index is 0.0183. The van der Waals surface area contributed by atoms with Gasteiger partial charge in [-0.2, -0.15) is 5.10 Å². The highest BCUT2D eigenvalue weighted by Gasteiger charge is 2.16. The summed E-state index contributed by atoms with van der Waals surface area (Å²) < 4.78 is 9.06. The van der Waals surface area contributed by atoms with Crippen LogP contribution in [-0.2, 0) is 26.1 Å². The molecule has 0 aliphatic carbocycles. The minimum Gasteiger partial charge on any atom is -0.494 e. The fourth-order valence-electron chi connectivity index (χ4n) is 3.38. The van der Waals surface area contributed by atoms with Gasteiger partial charge < -0.3 is 15.4 Å². The topological polar surface area (TPSA) is 85.5 Å². The van der Waals surface area contributed by atoms with Crippen LogP contribution in [0.1, 0.15) is 37.6 Å². The maximum Gasteiger partial charge on any atom is 0.345 e. The minimum atomic E-state index is 0.0183. The number of ether oxygens (including phenoxy) is 1. The first-order valence-electron chi connectivity index (χ1n) is 10.0. The first-order valence-corrected chi connectivity index (χ1v) is 10.0. The number of aromatic nitrogens is 3. The molecule has 0 amide bonds. The van der Waals surface area contributed by atoms with Crippen molar-refractivity contribution in [2.24, 2.45) is 4.99 Å². The average molecular weight is 387 g/mol. The van der Waals surface area contributed by atoms with E-state index >= 15 is 0 Å². The highest BCUT2D eigenvalue weighted by molar-refractivity contribution is 5.79. The highest BCUT2D eigenvalue weighted by atomic mass is 16.5. The molecule has 0 bridgehead atoms. The standard InChI is InChI=1S/C20H30N6O2/c1-3-28-17-10-5-4-9-16(17)15-23-19(21-2)22-12-8-14-26-20(27)25-13-7-6-11-18(25)24-26/h4-5,9-10H,3,6-8,11-15H2,1-2H3,(H2,21,22,23). The summed E-state index contributed by atoms with van der Waals surface area (Å²) in [5.74, 6) is 2.54. The second kappa shape index (κ2) is 9.96. The molecule has 0 spiro atoms. The van der Waals surface area contributed by atoms with Crippen molar-refractivity contribution in [2.45, 2.75) is 52.2 Å². The number of para-hydroxylation sites is 1. The van der Waals surface area contributed by atoms with Crippen molar-refractivity contribution in [1.29, 1.82) is 0 Å². The Balaban J connectivity index is 1.45. The average Bonchev–Trinajstić information content (AvgIpc) is 3.04. The van der Waals surface area contributed by atoms with E-state index in [9.17, 15) is 4.79 Å². The fraction of sp³-hybridized carbons (Fsp3) is 0.550. The van der Waals surface area contributed by atoms with Crippen molar-refractivity contribution >= 4 is 5.96 Å². The van der Waals surface area contributed by atoms with Crippen LogP contribution < -0.4 is 21.1 Å². The molecule has 0 unspecified atom stereocenters. The number of nitrogens with zero attached hydrogens (tertiary/aromatic N) is 4. The lowest BCUT2D eigenvalue weighted by atomic mass is 10.2. The molecule has 2 heterocycles. The summed E-state index contributed by atoms with van der Waals surface area (Å²) in [5.41, 5.74) is 1.10. The van der Waals surface area contributed by atoms with Gasteiger partial charge >= 0.3 is 5.69 Å². The number of nitrogens with one attached hydrogen (secondary N) is 2. The lowest BCUT2D eigenvalue weighted by Gasteiger charge is -2.14. The van der Waals surface area contributed by atoms with Gasteiger partial charge in [0, 0.05) is 45.2 Å². The monoisotopic (exact) mass is 386 g/mol. The third-order valence-electron chi connectivity index (χ3n) is 4.81. The molecule has 8 heteroatoms. The summed E-state index contributed by atoms with van der Waals surface area (Å²) in [7, 11) is 1.75. The van der Waals surface area contributed by atoms with Crippen LogP contribution in [0.15, 0.2) is 34.1 Å². The summed E-state index contributed by atoms with van der Waals surface area (Å²) in [6.45, 7) is 5.36. The van der Waals surface area contributed by atoms with Crippen LogP contribution in [0.3, 0.4) is 0 Å². The maximum atomic E-state index is 12.3. The van der Waals surface area contributed by atoms with Gasteiger partial charge in [0.05, 0.1) is 6.61 Å². The van der Waals surface area contributed by atoms with Crippen molar-refractivity contribution in [2.75, 3.05) is 20.2 Å². The maximum absolute atomic E-state index is 12.3. The van der Waals surface area contributed by atoms with E-state index in [1.165, 1.54) is 0 Å². The number of aryl methyl sites for hydroxylation is 2. The van der Waals surface area contributed by atoms with Crippen LogP contribution in [0.2, 0.25) is 0 Å². The molecule has 1 aromatic carbocycles. The molecule has 0 saturated carbocycles. The van der Waals surface area contributed by atoms with Crippen LogP contribution in [0.5, 0.6) is 5.75 Å². The van der Waals surface area contributed by atoms with Gasteiger partial charge in [0.1, 0.15) is 11.6 Å². The largest absolute Gasteiger partial charge is 0.494 e. The van der Waals surface area contributed by atoms with Gasteiger partial charge in [0.15, 0.2) is 5.96 Å². The van der Waals surface area contributed by atoms with Crippen molar-refractivity contribution in [3.63, 3.8) is 0 Å². The first kappa shape index (κ1) is 20.0. The number of hydrogen-bond acceptors (Lipinski definition) is 4. The van der Waals surface area contributed by atoms with E-state index in [0.717, 1.165) is 55.3 Å². The Morgan fingerprint density at radius 3 is 2.93 bits per heavy atom. The first-order chi connectivity index (χ1) is 13.7. The molecular weight excluding hydrogens is 356 g/mol. The van der Waals surface area contributed by atoms with E-state index in [2.05, 4.69) is 20.7 Å². The van der Waals surface area contributed by atoms with Gasteiger partial charge in [-0.1, -0.05) is 18.2 Å². The van der Waals surface area contributed by atoms with Gasteiger partial charge in [-0.15, -0.1) is 0 Å².